The SMILES string of the molecule is CC(Cc1ccsc1)NC(=O)c1ncccc1C#CCO. The molecule has 1 unspecified atom stereocenters. The number of aliphatic hydroxyl groups excluding tert-OH is 1. The molecule has 2 aromatic rings. The summed E-state index contributed by atoms with van der Waals surface area (Å²) in [5.41, 5.74) is 2.01. The van der Waals surface area contributed by atoms with E-state index in [0.717, 1.165) is 6.42 Å². The van der Waals surface area contributed by atoms with E-state index in [0.29, 0.717) is 5.56 Å². The maximum Gasteiger partial charge on any atom is 0.271 e. The fourth-order valence-electron chi connectivity index (χ4n) is 1.93. The van der Waals surface area contributed by atoms with Crippen LogP contribution in [0.15, 0.2) is 35.2 Å². The van der Waals surface area contributed by atoms with Gasteiger partial charge in [0.15, 0.2) is 0 Å². The van der Waals surface area contributed by atoms with Gasteiger partial charge in [0.25, 0.3) is 5.91 Å². The van der Waals surface area contributed by atoms with Crippen molar-refractivity contribution in [3.8, 4) is 11.8 Å². The Kier molecular flexibility index (Phi) is 5.50. The number of aliphatic hydroxyl groups is 1. The molecular formula is C16H16N2O2S. The van der Waals surface area contributed by atoms with Crippen LogP contribution in [0.1, 0.15) is 28.5 Å². The fourth-order valence-corrected chi connectivity index (χ4v) is 2.61. The van der Waals surface area contributed by atoms with Gasteiger partial charge in [0, 0.05) is 12.2 Å². The molecule has 4 nitrogen and oxygen atoms in total. The first-order valence-electron chi connectivity index (χ1n) is 6.57. The lowest BCUT2D eigenvalue weighted by Gasteiger charge is -2.13. The number of rotatable bonds is 4. The topological polar surface area (TPSA) is 62.2 Å². The van der Waals surface area contributed by atoms with Crippen molar-refractivity contribution in [1.82, 2.24) is 10.3 Å². The van der Waals surface area contributed by atoms with E-state index in [4.69, 9.17) is 5.11 Å². The molecule has 2 aromatic heterocycles. The number of nitrogens with one attached hydrogen (secondary N) is 1. The molecule has 2 rings (SSSR count). The standard InChI is InChI=1S/C16H16N2O2S/c1-12(10-13-6-9-21-11-13)18-16(20)15-14(5-3-8-19)4-2-7-17-15/h2,4,6-7,9,11-12,19H,8,10H2,1H3,(H,18,20). The molecule has 0 bridgehead atoms. The van der Waals surface area contributed by atoms with E-state index in [-0.39, 0.29) is 24.2 Å². The lowest BCUT2D eigenvalue weighted by atomic mass is 10.1. The van der Waals surface area contributed by atoms with Gasteiger partial charge in [-0.3, -0.25) is 4.79 Å². The quantitative estimate of drug-likeness (QED) is 0.847. The van der Waals surface area contributed by atoms with Gasteiger partial charge in [0.05, 0.1) is 5.56 Å². The molecule has 0 spiro atoms. The zero-order valence-corrected chi connectivity index (χ0v) is 12.5. The van der Waals surface area contributed by atoms with E-state index in [2.05, 4.69) is 27.5 Å². The van der Waals surface area contributed by atoms with Gasteiger partial charge in [0.2, 0.25) is 0 Å². The summed E-state index contributed by atoms with van der Waals surface area (Å²) in [5.74, 6) is 5.03. The second-order valence-electron chi connectivity index (χ2n) is 4.57. The lowest BCUT2D eigenvalue weighted by Crippen LogP contribution is -2.35. The Hall–Kier alpha value is -2.16. The number of amides is 1. The minimum absolute atomic E-state index is 0.00718. The monoisotopic (exact) mass is 300 g/mol. The van der Waals surface area contributed by atoms with Crippen LogP contribution in [0.4, 0.5) is 0 Å². The van der Waals surface area contributed by atoms with Crippen molar-refractivity contribution < 1.29 is 9.90 Å². The van der Waals surface area contributed by atoms with Gasteiger partial charge in [-0.25, -0.2) is 4.98 Å². The van der Waals surface area contributed by atoms with Gasteiger partial charge in [-0.15, -0.1) is 0 Å². The van der Waals surface area contributed by atoms with Crippen LogP contribution in [0.5, 0.6) is 0 Å². The molecule has 108 valence electrons. The molecule has 21 heavy (non-hydrogen) atoms. The highest BCUT2D eigenvalue weighted by Crippen LogP contribution is 2.09. The summed E-state index contributed by atoms with van der Waals surface area (Å²) >= 11 is 1.64. The van der Waals surface area contributed by atoms with Crippen molar-refractivity contribution in [3.63, 3.8) is 0 Å². The van der Waals surface area contributed by atoms with Gasteiger partial charge in [-0.1, -0.05) is 11.8 Å². The molecule has 0 fully saturated rings. The van der Waals surface area contributed by atoms with Crippen LogP contribution in [0.2, 0.25) is 0 Å². The molecule has 1 amide bonds. The number of hydrogen-bond acceptors (Lipinski definition) is 4. The van der Waals surface area contributed by atoms with E-state index in [1.165, 1.54) is 5.56 Å². The van der Waals surface area contributed by atoms with Crippen LogP contribution in [-0.2, 0) is 6.42 Å². The second kappa shape index (κ2) is 7.58. The van der Waals surface area contributed by atoms with Crippen LogP contribution in [0, 0.1) is 11.8 Å². The third kappa shape index (κ3) is 4.42. The van der Waals surface area contributed by atoms with Gasteiger partial charge in [0.1, 0.15) is 12.3 Å². The summed E-state index contributed by atoms with van der Waals surface area (Å²) in [6, 6.07) is 5.49. The zero-order chi connectivity index (χ0) is 15.1. The maximum atomic E-state index is 12.3. The van der Waals surface area contributed by atoms with Crippen molar-refractivity contribution in [2.75, 3.05) is 6.61 Å². The normalized spacial score (nSPS) is 11.3. The first-order chi connectivity index (χ1) is 10.2. The van der Waals surface area contributed by atoms with Crippen LogP contribution < -0.4 is 5.32 Å². The Labute approximate surface area is 127 Å². The van der Waals surface area contributed by atoms with Crippen molar-refractivity contribution in [2.45, 2.75) is 19.4 Å². The number of pyridine rings is 1. The van der Waals surface area contributed by atoms with Crippen LogP contribution in [0.3, 0.4) is 0 Å². The molecule has 2 heterocycles. The number of hydrogen-bond donors (Lipinski definition) is 2. The minimum Gasteiger partial charge on any atom is -0.384 e. The Morgan fingerprint density at radius 3 is 3.10 bits per heavy atom. The average molecular weight is 300 g/mol. The third-order valence-electron chi connectivity index (χ3n) is 2.82. The molecule has 5 heteroatoms. The van der Waals surface area contributed by atoms with Gasteiger partial charge >= 0.3 is 0 Å². The number of aromatic nitrogens is 1. The zero-order valence-electron chi connectivity index (χ0n) is 11.7. The third-order valence-corrected chi connectivity index (χ3v) is 3.56. The first-order valence-corrected chi connectivity index (χ1v) is 7.51. The number of carbonyl (C=O) groups excluding carboxylic acids is 1. The van der Waals surface area contributed by atoms with Crippen molar-refractivity contribution in [3.05, 3.63) is 52.0 Å². The highest BCUT2D eigenvalue weighted by atomic mass is 32.1. The first kappa shape index (κ1) is 15.2. The van der Waals surface area contributed by atoms with E-state index in [1.807, 2.05) is 18.4 Å². The van der Waals surface area contributed by atoms with Crippen LogP contribution in [0.25, 0.3) is 0 Å². The molecule has 0 aliphatic carbocycles. The van der Waals surface area contributed by atoms with Gasteiger partial charge in [-0.05, 0) is 47.9 Å². The van der Waals surface area contributed by atoms with Gasteiger partial charge in [-0.2, -0.15) is 11.3 Å². The molecular weight excluding hydrogens is 284 g/mol. The predicted octanol–water partition coefficient (Wildman–Crippen LogP) is 1.85. The molecule has 2 N–H and O–H groups in total. The Morgan fingerprint density at radius 1 is 1.52 bits per heavy atom. The van der Waals surface area contributed by atoms with E-state index >= 15 is 0 Å². The molecule has 1 atom stereocenters. The summed E-state index contributed by atoms with van der Waals surface area (Å²) < 4.78 is 0. The Balaban J connectivity index is 2.06. The smallest absolute Gasteiger partial charge is 0.271 e. The highest BCUT2D eigenvalue weighted by molar-refractivity contribution is 7.07. The number of carbonyl (C=O) groups is 1. The van der Waals surface area contributed by atoms with E-state index in [1.54, 1.807) is 29.7 Å². The maximum absolute atomic E-state index is 12.3. The molecule has 0 saturated carbocycles. The molecule has 0 aliphatic rings. The van der Waals surface area contributed by atoms with Crippen molar-refractivity contribution in [1.29, 1.82) is 0 Å². The molecule has 0 aliphatic heterocycles. The summed E-state index contributed by atoms with van der Waals surface area (Å²) in [4.78, 5) is 16.4. The lowest BCUT2D eigenvalue weighted by molar-refractivity contribution is 0.0935. The van der Waals surface area contributed by atoms with Gasteiger partial charge < -0.3 is 10.4 Å². The summed E-state index contributed by atoms with van der Waals surface area (Å²) in [6.45, 7) is 1.71. The highest BCUT2D eigenvalue weighted by Gasteiger charge is 2.14. The Bertz CT molecular complexity index is 656. The van der Waals surface area contributed by atoms with Crippen molar-refractivity contribution in [2.24, 2.45) is 0 Å². The summed E-state index contributed by atoms with van der Waals surface area (Å²) in [5, 5.41) is 15.8. The number of nitrogens with zero attached hydrogens (tertiary/aromatic N) is 1. The predicted molar refractivity (Wildman–Crippen MR) is 83.2 cm³/mol. The Morgan fingerprint density at radius 2 is 2.38 bits per heavy atom. The molecule has 0 aromatic carbocycles. The summed E-state index contributed by atoms with van der Waals surface area (Å²) in [7, 11) is 0. The molecule has 0 saturated heterocycles. The van der Waals surface area contributed by atoms with Crippen molar-refractivity contribution >= 4 is 17.2 Å². The van der Waals surface area contributed by atoms with E-state index in [9.17, 15) is 4.79 Å². The fraction of sp³-hybridized carbons (Fsp3) is 0.250. The summed E-state index contributed by atoms with van der Waals surface area (Å²) in [6.07, 6.45) is 2.34. The minimum atomic E-state index is -0.249. The number of thiophene rings is 1. The molecule has 0 radical (unpaired) electrons. The van der Waals surface area contributed by atoms with E-state index < -0.39 is 0 Å². The van der Waals surface area contributed by atoms with Crippen LogP contribution >= 0.6 is 11.3 Å². The average Bonchev–Trinajstić information content (AvgIpc) is 2.98. The van der Waals surface area contributed by atoms with Crippen LogP contribution in [-0.4, -0.2) is 28.6 Å². The largest absolute Gasteiger partial charge is 0.384 e. The second-order valence-corrected chi connectivity index (χ2v) is 5.35.